The highest BCUT2D eigenvalue weighted by Crippen LogP contribution is 2.29. The van der Waals surface area contributed by atoms with Gasteiger partial charge in [0.25, 0.3) is 6.21 Å². The Labute approximate surface area is 130 Å². The van der Waals surface area contributed by atoms with Gasteiger partial charge in [-0.15, -0.1) is 0 Å². The van der Waals surface area contributed by atoms with Gasteiger partial charge < -0.3 is 10.3 Å². The van der Waals surface area contributed by atoms with E-state index in [2.05, 4.69) is 4.79 Å². The molecule has 0 fully saturated rings. The molecule has 0 aliphatic rings. The third-order valence-corrected chi connectivity index (χ3v) is 3.84. The van der Waals surface area contributed by atoms with E-state index in [1.165, 1.54) is 13.1 Å². The van der Waals surface area contributed by atoms with Crippen LogP contribution < -0.4 is 4.74 Å². The zero-order valence-electron chi connectivity index (χ0n) is 12.7. The molecule has 2 rings (SSSR count). The van der Waals surface area contributed by atoms with E-state index >= 15 is 0 Å². The summed E-state index contributed by atoms with van der Waals surface area (Å²) in [5, 5.41) is 0. The maximum Gasteiger partial charge on any atom is 0.275 e. The van der Waals surface area contributed by atoms with Crippen molar-refractivity contribution < 1.29 is 14.3 Å². The second-order valence-electron chi connectivity index (χ2n) is 5.16. The van der Waals surface area contributed by atoms with Crippen LogP contribution in [0.15, 0.2) is 54.6 Å². The van der Waals surface area contributed by atoms with Crippen LogP contribution >= 0.6 is 0 Å². The molecule has 112 valence electrons. The molecular formula is C18H18N2O2. The Morgan fingerprint density at radius 1 is 1.18 bits per heavy atom. The van der Waals surface area contributed by atoms with E-state index in [4.69, 9.17) is 10.3 Å². The third-order valence-electron chi connectivity index (χ3n) is 3.84. The molecule has 22 heavy (non-hydrogen) atoms. The molecule has 4 heteroatoms. The Kier molecular flexibility index (Phi) is 4.87. The Morgan fingerprint density at radius 2 is 1.82 bits per heavy atom. The Hall–Kier alpha value is -2.71. The molecule has 0 heterocycles. The van der Waals surface area contributed by atoms with Crippen molar-refractivity contribution in [1.82, 2.24) is 0 Å². The number of nitrogens with zero attached hydrogens (tertiary/aromatic N) is 2. The van der Waals surface area contributed by atoms with E-state index in [1.54, 1.807) is 19.2 Å². The molecule has 0 amide bonds. The van der Waals surface area contributed by atoms with Gasteiger partial charge in [-0.05, 0) is 36.6 Å². The van der Waals surface area contributed by atoms with Gasteiger partial charge in [0.15, 0.2) is 11.2 Å². The van der Waals surface area contributed by atoms with Crippen LogP contribution in [0.4, 0.5) is 0 Å². The molecule has 2 aromatic carbocycles. The molecule has 4 nitrogen and oxygen atoms in total. The number of ether oxygens (including phenoxy) is 1. The SMILES string of the molecule is COc1ccc(C(C=[N+]=[N-])(Cc2ccccc2)C(C)=O)cc1. The third kappa shape index (κ3) is 3.13. The van der Waals surface area contributed by atoms with Gasteiger partial charge in [-0.1, -0.05) is 42.5 Å². The Morgan fingerprint density at radius 3 is 2.32 bits per heavy atom. The van der Waals surface area contributed by atoms with Crippen LogP contribution in [0.25, 0.3) is 5.53 Å². The first-order valence-electron chi connectivity index (χ1n) is 7.00. The summed E-state index contributed by atoms with van der Waals surface area (Å²) in [6, 6.07) is 16.9. The second kappa shape index (κ2) is 6.83. The molecule has 0 saturated carbocycles. The van der Waals surface area contributed by atoms with Crippen molar-refractivity contribution in [2.45, 2.75) is 18.8 Å². The van der Waals surface area contributed by atoms with Gasteiger partial charge in [0.2, 0.25) is 0 Å². The van der Waals surface area contributed by atoms with Crippen LogP contribution in [-0.4, -0.2) is 23.9 Å². The van der Waals surface area contributed by atoms with E-state index < -0.39 is 5.41 Å². The van der Waals surface area contributed by atoms with Gasteiger partial charge in [-0.2, -0.15) is 4.79 Å². The van der Waals surface area contributed by atoms with Crippen LogP contribution in [0.5, 0.6) is 5.75 Å². The maximum absolute atomic E-state index is 12.4. The summed E-state index contributed by atoms with van der Waals surface area (Å²) < 4.78 is 5.15. The minimum Gasteiger partial charge on any atom is -0.497 e. The number of carbonyl (C=O) groups excluding carboxylic acids is 1. The van der Waals surface area contributed by atoms with Crippen molar-refractivity contribution in [1.29, 1.82) is 0 Å². The maximum atomic E-state index is 12.4. The van der Waals surface area contributed by atoms with E-state index in [0.29, 0.717) is 12.2 Å². The van der Waals surface area contributed by atoms with Crippen molar-refractivity contribution in [3.05, 3.63) is 71.3 Å². The van der Waals surface area contributed by atoms with Crippen LogP contribution in [-0.2, 0) is 16.6 Å². The van der Waals surface area contributed by atoms with E-state index in [9.17, 15) is 4.79 Å². The van der Waals surface area contributed by atoms with Crippen molar-refractivity contribution in [3.8, 4) is 5.75 Å². The zero-order chi connectivity index (χ0) is 16.0. The monoisotopic (exact) mass is 294 g/mol. The molecule has 0 bridgehead atoms. The number of Topliss-reactive ketones (excluding diaryl/α,β-unsaturated/α-hetero) is 1. The second-order valence-corrected chi connectivity index (χ2v) is 5.16. The van der Waals surface area contributed by atoms with Crippen molar-refractivity contribution >= 4 is 12.0 Å². The van der Waals surface area contributed by atoms with Crippen LogP contribution in [0.3, 0.4) is 0 Å². The molecule has 0 aliphatic heterocycles. The minimum atomic E-state index is -0.998. The molecule has 1 unspecified atom stereocenters. The van der Waals surface area contributed by atoms with E-state index in [0.717, 1.165) is 11.1 Å². The van der Waals surface area contributed by atoms with Crippen LogP contribution in [0, 0.1) is 0 Å². The number of carbonyl (C=O) groups is 1. The molecule has 0 spiro atoms. The first-order chi connectivity index (χ1) is 10.6. The summed E-state index contributed by atoms with van der Waals surface area (Å²) in [6.07, 6.45) is 1.74. The first-order valence-corrected chi connectivity index (χ1v) is 7.00. The lowest BCUT2D eigenvalue weighted by molar-refractivity contribution is -0.121. The number of hydrogen-bond acceptors (Lipinski definition) is 2. The lowest BCUT2D eigenvalue weighted by Crippen LogP contribution is -2.38. The molecule has 0 N–H and O–H groups in total. The number of ketones is 1. The Balaban J connectivity index is 2.52. The highest BCUT2D eigenvalue weighted by atomic mass is 16.5. The van der Waals surface area contributed by atoms with Crippen LogP contribution in [0.2, 0.25) is 0 Å². The van der Waals surface area contributed by atoms with Crippen molar-refractivity contribution in [3.63, 3.8) is 0 Å². The quantitative estimate of drug-likeness (QED) is 0.467. The van der Waals surface area contributed by atoms with E-state index in [1.807, 2.05) is 42.5 Å². The molecule has 0 aliphatic carbocycles. The predicted octanol–water partition coefficient (Wildman–Crippen LogP) is 3.07. The average molecular weight is 294 g/mol. The van der Waals surface area contributed by atoms with Gasteiger partial charge in [-0.25, -0.2) is 0 Å². The highest BCUT2D eigenvalue weighted by molar-refractivity contribution is 6.03. The topological polar surface area (TPSA) is 62.7 Å². The number of methoxy groups -OCH3 is 1. The molecular weight excluding hydrogens is 276 g/mol. The summed E-state index contributed by atoms with van der Waals surface area (Å²) in [5.41, 5.74) is 9.85. The van der Waals surface area contributed by atoms with Gasteiger partial charge in [0.05, 0.1) is 7.11 Å². The minimum absolute atomic E-state index is 0.0840. The number of hydrogen-bond donors (Lipinski definition) is 0. The summed E-state index contributed by atoms with van der Waals surface area (Å²) in [6.45, 7) is 1.51. The van der Waals surface area contributed by atoms with Crippen LogP contribution in [0.1, 0.15) is 18.1 Å². The summed E-state index contributed by atoms with van der Waals surface area (Å²) in [5.74, 6) is 0.626. The van der Waals surface area contributed by atoms with Gasteiger partial charge in [0, 0.05) is 0 Å². The fourth-order valence-electron chi connectivity index (χ4n) is 2.55. The average Bonchev–Trinajstić information content (AvgIpc) is 2.55. The van der Waals surface area contributed by atoms with Gasteiger partial charge in [0.1, 0.15) is 5.75 Å². The summed E-state index contributed by atoms with van der Waals surface area (Å²) >= 11 is 0. The fourth-order valence-corrected chi connectivity index (χ4v) is 2.55. The normalized spacial score (nSPS) is 12.8. The predicted molar refractivity (Wildman–Crippen MR) is 85.2 cm³/mol. The largest absolute Gasteiger partial charge is 0.497 e. The standard InChI is InChI=1S/C18H18N2O2/c1-14(21)18(13-20-19,12-15-6-4-3-5-7-15)16-8-10-17(22-2)11-9-16/h3-11,13H,12H2,1-2H3. The molecule has 1 atom stereocenters. The van der Waals surface area contributed by atoms with E-state index in [-0.39, 0.29) is 5.78 Å². The summed E-state index contributed by atoms with van der Waals surface area (Å²) in [7, 11) is 1.59. The van der Waals surface area contributed by atoms with Crippen molar-refractivity contribution in [2.24, 2.45) is 0 Å². The smallest absolute Gasteiger partial charge is 0.275 e. The number of benzene rings is 2. The lowest BCUT2D eigenvalue weighted by atomic mass is 9.73. The first kappa shape index (κ1) is 15.7. The molecule has 0 radical (unpaired) electrons. The lowest BCUT2D eigenvalue weighted by Gasteiger charge is -2.24. The summed E-state index contributed by atoms with van der Waals surface area (Å²) in [4.78, 5) is 15.5. The van der Waals surface area contributed by atoms with Gasteiger partial charge >= 0.3 is 0 Å². The molecule has 0 aromatic heterocycles. The highest BCUT2D eigenvalue weighted by Gasteiger charge is 2.40. The number of rotatable bonds is 6. The van der Waals surface area contributed by atoms with Gasteiger partial charge in [-0.3, -0.25) is 4.79 Å². The molecule has 0 saturated heterocycles. The van der Waals surface area contributed by atoms with Crippen molar-refractivity contribution in [2.75, 3.05) is 7.11 Å². The zero-order valence-corrected chi connectivity index (χ0v) is 12.7. The molecule has 2 aromatic rings. The fraction of sp³-hybridized carbons (Fsp3) is 0.222. The Bertz CT molecular complexity index is 685.